The Morgan fingerprint density at radius 3 is 3.10 bits per heavy atom. The number of allylic oxidation sites excluding steroid dienone is 1. The lowest BCUT2D eigenvalue weighted by atomic mass is 10.2. The quantitative estimate of drug-likeness (QED) is 0.568. The molecule has 0 fully saturated rings. The van der Waals surface area contributed by atoms with Crippen LogP contribution in [0.1, 0.15) is 25.3 Å². The molecule has 2 heterocycles. The van der Waals surface area contributed by atoms with Crippen molar-refractivity contribution in [3.8, 4) is 11.8 Å². The molecule has 6 nitrogen and oxygen atoms in total. The Kier molecular flexibility index (Phi) is 5.31. The third-order valence-corrected chi connectivity index (χ3v) is 2.79. The highest BCUT2D eigenvalue weighted by molar-refractivity contribution is 5.21. The van der Waals surface area contributed by atoms with Gasteiger partial charge >= 0.3 is 11.7 Å². The van der Waals surface area contributed by atoms with Gasteiger partial charge in [-0.1, -0.05) is 6.08 Å². The van der Waals surface area contributed by atoms with Crippen molar-refractivity contribution in [3.63, 3.8) is 0 Å². The van der Waals surface area contributed by atoms with Crippen LogP contribution >= 0.6 is 0 Å². The van der Waals surface area contributed by atoms with E-state index in [2.05, 4.69) is 11.6 Å². The van der Waals surface area contributed by atoms with E-state index in [1.54, 1.807) is 18.6 Å². The summed E-state index contributed by atoms with van der Waals surface area (Å²) in [6.07, 6.45) is 7.19. The molecular weight excluding hydrogens is 274 g/mol. The minimum absolute atomic E-state index is 0.0862. The first-order valence-electron chi connectivity index (χ1n) is 6.83. The fraction of sp³-hybridized carbons (Fsp3) is 0.400. The molecule has 0 aliphatic carbocycles. The zero-order valence-electron chi connectivity index (χ0n) is 12.0. The van der Waals surface area contributed by atoms with Crippen LogP contribution in [0, 0.1) is 0 Å². The van der Waals surface area contributed by atoms with E-state index < -0.39 is 5.76 Å². The molecule has 0 aromatic carbocycles. The van der Waals surface area contributed by atoms with Gasteiger partial charge in [-0.25, -0.2) is 4.79 Å². The molecule has 1 atom stereocenters. The third-order valence-electron chi connectivity index (χ3n) is 2.79. The summed E-state index contributed by atoms with van der Waals surface area (Å²) in [6.45, 7) is 5.95. The summed E-state index contributed by atoms with van der Waals surface area (Å²) >= 11 is 0. The van der Waals surface area contributed by atoms with Gasteiger partial charge in [-0.3, -0.25) is 4.98 Å². The Morgan fingerprint density at radius 2 is 2.38 bits per heavy atom. The van der Waals surface area contributed by atoms with E-state index in [1.807, 2.05) is 13.0 Å². The van der Waals surface area contributed by atoms with Gasteiger partial charge in [-0.05, 0) is 31.4 Å². The number of hydrogen-bond acceptors (Lipinski definition) is 5. The topological polar surface area (TPSA) is 77.6 Å². The molecule has 0 aliphatic heterocycles. The first kappa shape index (κ1) is 15.0. The molecule has 1 N–H and O–H groups in total. The van der Waals surface area contributed by atoms with Crippen LogP contribution in [-0.2, 0) is 6.42 Å². The maximum Gasteiger partial charge on any atom is 0.422 e. The van der Waals surface area contributed by atoms with E-state index in [0.29, 0.717) is 13.0 Å². The van der Waals surface area contributed by atoms with E-state index in [4.69, 9.17) is 18.3 Å². The highest BCUT2D eigenvalue weighted by atomic mass is 16.6. The predicted molar refractivity (Wildman–Crippen MR) is 76.8 cm³/mol. The summed E-state index contributed by atoms with van der Waals surface area (Å²) in [7, 11) is 0. The van der Waals surface area contributed by atoms with Crippen molar-refractivity contribution in [2.24, 2.45) is 0 Å². The smallest absolute Gasteiger partial charge is 0.422 e. The number of hydrogen-bond donors (Lipinski definition) is 1. The van der Waals surface area contributed by atoms with E-state index in [0.717, 1.165) is 18.4 Å². The molecule has 6 heteroatoms. The summed E-state index contributed by atoms with van der Waals surface area (Å²) in [5, 5.41) is 0. The Balaban J connectivity index is 1.92. The monoisotopic (exact) mass is 293 g/mol. The minimum Gasteiger partial charge on any atom is -0.472 e. The molecule has 2 rings (SSSR count). The molecule has 1 unspecified atom stereocenters. The van der Waals surface area contributed by atoms with E-state index >= 15 is 0 Å². The van der Waals surface area contributed by atoms with Gasteiger partial charge in [-0.2, -0.15) is 0 Å². The van der Waals surface area contributed by atoms with Crippen LogP contribution < -0.4 is 15.2 Å². The second-order valence-corrected chi connectivity index (χ2v) is 4.67. The van der Waals surface area contributed by atoms with Crippen LogP contribution in [0.15, 0.2) is 44.9 Å². The van der Waals surface area contributed by atoms with Crippen molar-refractivity contribution in [1.29, 1.82) is 0 Å². The van der Waals surface area contributed by atoms with Crippen LogP contribution in [0.3, 0.4) is 0 Å². The lowest BCUT2D eigenvalue weighted by molar-refractivity contribution is 0.178. The second-order valence-electron chi connectivity index (χ2n) is 4.67. The van der Waals surface area contributed by atoms with E-state index in [1.165, 1.54) is 0 Å². The van der Waals surface area contributed by atoms with Crippen molar-refractivity contribution >= 4 is 0 Å². The van der Waals surface area contributed by atoms with Crippen molar-refractivity contribution in [2.75, 3.05) is 6.61 Å². The van der Waals surface area contributed by atoms with E-state index in [-0.39, 0.29) is 17.9 Å². The summed E-state index contributed by atoms with van der Waals surface area (Å²) < 4.78 is 21.0. The summed E-state index contributed by atoms with van der Waals surface area (Å²) in [4.78, 5) is 13.8. The number of H-pyrrole nitrogens is 1. The molecule has 21 heavy (non-hydrogen) atoms. The van der Waals surface area contributed by atoms with Gasteiger partial charge in [0.15, 0.2) is 0 Å². The van der Waals surface area contributed by atoms with Crippen LogP contribution in [0.25, 0.3) is 0 Å². The number of furan rings is 1. The van der Waals surface area contributed by atoms with Gasteiger partial charge in [-0.15, -0.1) is 6.58 Å². The van der Waals surface area contributed by atoms with Gasteiger partial charge in [0.05, 0.1) is 19.1 Å². The van der Waals surface area contributed by atoms with Crippen molar-refractivity contribution in [3.05, 3.63) is 47.4 Å². The molecule has 2 aromatic heterocycles. The Labute approximate surface area is 122 Å². The number of aromatic nitrogens is 1. The maximum atomic E-state index is 11.3. The Bertz CT molecular complexity index is 596. The molecule has 0 saturated carbocycles. The van der Waals surface area contributed by atoms with Gasteiger partial charge in [0.25, 0.3) is 5.88 Å². The fourth-order valence-electron chi connectivity index (χ4n) is 1.85. The number of rotatable bonds is 9. The van der Waals surface area contributed by atoms with Gasteiger partial charge in [0, 0.05) is 6.42 Å². The molecule has 114 valence electrons. The van der Waals surface area contributed by atoms with Crippen molar-refractivity contribution in [2.45, 2.75) is 32.3 Å². The predicted octanol–water partition coefficient (Wildman–Crippen LogP) is 2.92. The standard InChI is InChI=1S/C15H19NO5/c1-3-4-5-7-19-14-13(16-15(17)21-14)20-11(2)9-12-6-8-18-10-12/h3,6,8,10-11H,1,4-5,7,9H2,2H3,(H,16,17). The van der Waals surface area contributed by atoms with Crippen LogP contribution in [0.5, 0.6) is 11.8 Å². The molecule has 0 spiro atoms. The molecule has 0 radical (unpaired) electrons. The molecule has 2 aromatic rings. The lowest BCUT2D eigenvalue weighted by Crippen LogP contribution is -2.16. The Morgan fingerprint density at radius 1 is 1.52 bits per heavy atom. The van der Waals surface area contributed by atoms with Crippen LogP contribution in [0.4, 0.5) is 0 Å². The lowest BCUT2D eigenvalue weighted by Gasteiger charge is -2.12. The summed E-state index contributed by atoms with van der Waals surface area (Å²) in [6, 6.07) is 1.87. The summed E-state index contributed by atoms with van der Waals surface area (Å²) in [5.41, 5.74) is 1.02. The largest absolute Gasteiger partial charge is 0.472 e. The van der Waals surface area contributed by atoms with Gasteiger partial charge in [0.1, 0.15) is 6.10 Å². The van der Waals surface area contributed by atoms with Gasteiger partial charge < -0.3 is 18.3 Å². The summed E-state index contributed by atoms with van der Waals surface area (Å²) in [5.74, 6) is -0.295. The molecule has 0 saturated heterocycles. The van der Waals surface area contributed by atoms with Crippen molar-refractivity contribution in [1.82, 2.24) is 4.98 Å². The van der Waals surface area contributed by atoms with Gasteiger partial charge in [0.2, 0.25) is 0 Å². The SMILES string of the molecule is C=CCCCOc1oc(=O)[nH]c1OC(C)Cc1ccoc1. The molecule has 0 bridgehead atoms. The number of nitrogens with one attached hydrogen (secondary N) is 1. The van der Waals surface area contributed by atoms with Crippen molar-refractivity contribution < 1.29 is 18.3 Å². The third kappa shape index (κ3) is 4.59. The fourth-order valence-corrected chi connectivity index (χ4v) is 1.85. The van der Waals surface area contributed by atoms with Crippen LogP contribution in [-0.4, -0.2) is 17.7 Å². The average molecular weight is 293 g/mol. The van der Waals surface area contributed by atoms with E-state index in [9.17, 15) is 4.79 Å². The highest BCUT2D eigenvalue weighted by Gasteiger charge is 2.16. The number of ether oxygens (including phenoxy) is 2. The normalized spacial score (nSPS) is 12.0. The number of unbranched alkanes of at least 4 members (excludes halogenated alkanes) is 1. The number of aromatic amines is 1. The Hall–Kier alpha value is -2.37. The molecule has 0 aliphatic rings. The zero-order valence-corrected chi connectivity index (χ0v) is 12.0. The second kappa shape index (κ2) is 7.42. The first-order valence-corrected chi connectivity index (χ1v) is 6.83. The minimum atomic E-state index is -0.598. The number of oxazole rings is 1. The highest BCUT2D eigenvalue weighted by Crippen LogP contribution is 2.24. The first-order chi connectivity index (χ1) is 10.2. The maximum absolute atomic E-state index is 11.3. The zero-order chi connectivity index (χ0) is 15.1. The molecule has 0 amide bonds. The average Bonchev–Trinajstić information content (AvgIpc) is 3.05. The molecular formula is C15H19NO5. The van der Waals surface area contributed by atoms with Crippen LogP contribution in [0.2, 0.25) is 0 Å².